The molecule has 2 heterocycles. The van der Waals surface area contributed by atoms with Crippen molar-refractivity contribution in [3.63, 3.8) is 0 Å². The minimum Gasteiger partial charge on any atom is -0.383 e. The zero-order valence-corrected chi connectivity index (χ0v) is 16.3. The van der Waals surface area contributed by atoms with E-state index in [9.17, 15) is 4.79 Å². The number of nitrogens with zero attached hydrogens (tertiary/aromatic N) is 2. The van der Waals surface area contributed by atoms with Crippen LogP contribution in [-0.4, -0.2) is 40.6 Å². The Kier molecular flexibility index (Phi) is 5.61. The van der Waals surface area contributed by atoms with Crippen LogP contribution in [0.4, 0.5) is 5.82 Å². The second kappa shape index (κ2) is 7.05. The highest BCUT2D eigenvalue weighted by Crippen LogP contribution is 2.39. The number of hydrogen-bond acceptors (Lipinski definition) is 6. The van der Waals surface area contributed by atoms with Crippen LogP contribution in [0.3, 0.4) is 0 Å². The molecule has 1 unspecified atom stereocenters. The smallest absolute Gasteiger partial charge is 0.351 e. The molecule has 0 bridgehead atoms. The van der Waals surface area contributed by atoms with E-state index in [0.29, 0.717) is 0 Å². The molecule has 0 saturated carbocycles. The lowest BCUT2D eigenvalue weighted by Crippen LogP contribution is -2.43. The minimum atomic E-state index is -0.606. The van der Waals surface area contributed by atoms with Gasteiger partial charge in [0.25, 0.3) is 0 Å². The zero-order chi connectivity index (χ0) is 19.0. The third-order valence-electron chi connectivity index (χ3n) is 3.99. The molecular formula is C18H31N3O4. The van der Waals surface area contributed by atoms with Gasteiger partial charge >= 0.3 is 5.69 Å². The highest BCUT2D eigenvalue weighted by molar-refractivity contribution is 5.23. The van der Waals surface area contributed by atoms with Crippen LogP contribution in [-0.2, 0) is 14.2 Å². The first-order chi connectivity index (χ1) is 11.4. The van der Waals surface area contributed by atoms with Crippen molar-refractivity contribution >= 4 is 5.82 Å². The molecule has 2 rings (SSSR count). The predicted octanol–water partition coefficient (Wildman–Crippen LogP) is 2.36. The van der Waals surface area contributed by atoms with Crippen molar-refractivity contribution in [1.29, 1.82) is 0 Å². The summed E-state index contributed by atoms with van der Waals surface area (Å²) in [5.41, 5.74) is 4.82. The maximum Gasteiger partial charge on any atom is 0.351 e. The quantitative estimate of drug-likeness (QED) is 0.894. The molecule has 1 aliphatic heterocycles. The van der Waals surface area contributed by atoms with Crippen molar-refractivity contribution in [2.24, 2.45) is 5.41 Å². The van der Waals surface area contributed by atoms with E-state index in [0.717, 1.165) is 6.42 Å². The lowest BCUT2D eigenvalue weighted by molar-refractivity contribution is -0.124. The van der Waals surface area contributed by atoms with Crippen molar-refractivity contribution in [2.75, 3.05) is 12.8 Å². The molecule has 142 valence electrons. The van der Waals surface area contributed by atoms with Gasteiger partial charge in [0.15, 0.2) is 6.23 Å². The summed E-state index contributed by atoms with van der Waals surface area (Å²) in [4.78, 5) is 16.1. The summed E-state index contributed by atoms with van der Waals surface area (Å²) >= 11 is 0. The standard InChI is InChI=1S/C18H31N3O4/c1-17(2,3)10-11-13(25-18(4,5)6)14(23-7)15(24-11)21-9-8-12(19)20-16(21)22/h8-9,11,13-15H,10H2,1-7H3,(H2,19,20,22)/t11-,13?,14+,15-/m1/s1. The topological polar surface area (TPSA) is 88.6 Å². The second-order valence-corrected chi connectivity index (χ2v) is 8.77. The first kappa shape index (κ1) is 19.9. The van der Waals surface area contributed by atoms with Crippen molar-refractivity contribution in [3.8, 4) is 0 Å². The van der Waals surface area contributed by atoms with Crippen LogP contribution < -0.4 is 11.4 Å². The van der Waals surface area contributed by atoms with Crippen LogP contribution in [0.1, 0.15) is 54.2 Å². The van der Waals surface area contributed by atoms with E-state index in [1.165, 1.54) is 4.57 Å². The Morgan fingerprint density at radius 1 is 1.24 bits per heavy atom. The van der Waals surface area contributed by atoms with Gasteiger partial charge in [-0.15, -0.1) is 0 Å². The number of nitrogens with two attached hydrogens (primary N) is 1. The van der Waals surface area contributed by atoms with E-state index >= 15 is 0 Å². The molecule has 0 spiro atoms. The van der Waals surface area contributed by atoms with Crippen LogP contribution in [0.25, 0.3) is 0 Å². The Balaban J connectivity index is 2.39. The Bertz CT molecular complexity index is 645. The third kappa shape index (κ3) is 5.03. The fraction of sp³-hybridized carbons (Fsp3) is 0.778. The Morgan fingerprint density at radius 2 is 1.88 bits per heavy atom. The highest BCUT2D eigenvalue weighted by atomic mass is 16.6. The summed E-state index contributed by atoms with van der Waals surface area (Å²) < 4.78 is 19.6. The molecule has 1 fully saturated rings. The Morgan fingerprint density at radius 3 is 2.36 bits per heavy atom. The molecule has 2 N–H and O–H groups in total. The zero-order valence-electron chi connectivity index (χ0n) is 16.3. The van der Waals surface area contributed by atoms with Crippen LogP contribution in [0.2, 0.25) is 0 Å². The molecule has 0 radical (unpaired) electrons. The van der Waals surface area contributed by atoms with Crippen molar-refractivity contribution in [3.05, 3.63) is 22.7 Å². The van der Waals surface area contributed by atoms with E-state index < -0.39 is 18.0 Å². The molecule has 1 aromatic heterocycles. The van der Waals surface area contributed by atoms with Gasteiger partial charge in [-0.05, 0) is 38.7 Å². The molecule has 1 aliphatic rings. The molecule has 4 atom stereocenters. The van der Waals surface area contributed by atoms with Gasteiger partial charge in [0.05, 0.1) is 11.7 Å². The van der Waals surface area contributed by atoms with Gasteiger partial charge < -0.3 is 19.9 Å². The molecule has 1 saturated heterocycles. The van der Waals surface area contributed by atoms with E-state index in [-0.39, 0.29) is 29.0 Å². The lowest BCUT2D eigenvalue weighted by Gasteiger charge is -2.32. The summed E-state index contributed by atoms with van der Waals surface area (Å²) in [5, 5.41) is 0. The van der Waals surface area contributed by atoms with E-state index in [4.69, 9.17) is 19.9 Å². The molecular weight excluding hydrogens is 322 g/mol. The third-order valence-corrected chi connectivity index (χ3v) is 3.99. The molecule has 1 aromatic rings. The van der Waals surface area contributed by atoms with Gasteiger partial charge in [-0.1, -0.05) is 20.8 Å². The second-order valence-electron chi connectivity index (χ2n) is 8.77. The van der Waals surface area contributed by atoms with Crippen LogP contribution in [0.5, 0.6) is 0 Å². The average Bonchev–Trinajstić information content (AvgIpc) is 2.72. The highest BCUT2D eigenvalue weighted by Gasteiger charge is 2.49. The van der Waals surface area contributed by atoms with E-state index in [1.54, 1.807) is 19.4 Å². The van der Waals surface area contributed by atoms with E-state index in [1.807, 2.05) is 20.8 Å². The molecule has 25 heavy (non-hydrogen) atoms. The number of methoxy groups -OCH3 is 1. The van der Waals surface area contributed by atoms with Crippen LogP contribution in [0.15, 0.2) is 17.1 Å². The number of ether oxygens (including phenoxy) is 3. The summed E-state index contributed by atoms with van der Waals surface area (Å²) in [5.74, 6) is 0.182. The number of nitrogen functional groups attached to an aromatic ring is 1. The molecule has 0 amide bonds. The van der Waals surface area contributed by atoms with Crippen molar-refractivity contribution in [2.45, 2.75) is 78.1 Å². The maximum atomic E-state index is 12.3. The predicted molar refractivity (Wildman–Crippen MR) is 96.3 cm³/mol. The van der Waals surface area contributed by atoms with Gasteiger partial charge in [-0.2, -0.15) is 4.98 Å². The largest absolute Gasteiger partial charge is 0.383 e. The fourth-order valence-electron chi connectivity index (χ4n) is 3.12. The average molecular weight is 353 g/mol. The van der Waals surface area contributed by atoms with Gasteiger partial charge in [0.1, 0.15) is 18.0 Å². The number of aromatic nitrogens is 2. The summed E-state index contributed by atoms with van der Waals surface area (Å²) in [6.07, 6.45) is 0.855. The summed E-state index contributed by atoms with van der Waals surface area (Å²) in [6, 6.07) is 1.58. The van der Waals surface area contributed by atoms with E-state index in [2.05, 4.69) is 25.8 Å². The van der Waals surface area contributed by atoms with Gasteiger partial charge in [-0.3, -0.25) is 4.57 Å². The maximum absolute atomic E-state index is 12.3. The summed E-state index contributed by atoms with van der Waals surface area (Å²) in [6.45, 7) is 12.4. The number of rotatable bonds is 4. The first-order valence-corrected chi connectivity index (χ1v) is 8.62. The molecule has 7 heteroatoms. The normalized spacial score (nSPS) is 27.6. The van der Waals surface area contributed by atoms with Crippen LogP contribution >= 0.6 is 0 Å². The molecule has 0 aliphatic carbocycles. The van der Waals surface area contributed by atoms with Crippen molar-refractivity contribution in [1.82, 2.24) is 9.55 Å². The molecule has 0 aromatic carbocycles. The monoisotopic (exact) mass is 353 g/mol. The minimum absolute atomic E-state index is 0.0433. The Hall–Kier alpha value is -1.44. The lowest BCUT2D eigenvalue weighted by atomic mass is 9.87. The van der Waals surface area contributed by atoms with Gasteiger partial charge in [0, 0.05) is 13.3 Å². The first-order valence-electron chi connectivity index (χ1n) is 8.62. The fourth-order valence-corrected chi connectivity index (χ4v) is 3.12. The number of hydrogen-bond donors (Lipinski definition) is 1. The summed E-state index contributed by atoms with van der Waals surface area (Å²) in [7, 11) is 1.61. The number of anilines is 1. The van der Waals surface area contributed by atoms with Gasteiger partial charge in [-0.25, -0.2) is 4.79 Å². The van der Waals surface area contributed by atoms with Gasteiger partial charge in [0.2, 0.25) is 0 Å². The Labute approximate surface area is 149 Å². The SMILES string of the molecule is CO[C@H]1C(OC(C)(C)C)[C@@H](CC(C)(C)C)O[C@H]1n1ccc(N)nc1=O. The molecule has 7 nitrogen and oxygen atoms in total. The van der Waals surface area contributed by atoms with Crippen LogP contribution in [0, 0.1) is 5.41 Å². The van der Waals surface area contributed by atoms with Crippen molar-refractivity contribution < 1.29 is 14.2 Å².